The monoisotopic (exact) mass is 268 g/mol. The van der Waals surface area contributed by atoms with Crippen molar-refractivity contribution in [3.05, 3.63) is 35.6 Å². The first-order valence-corrected chi connectivity index (χ1v) is 6.39. The summed E-state index contributed by atoms with van der Waals surface area (Å²) in [5, 5.41) is 3.08. The summed E-state index contributed by atoms with van der Waals surface area (Å²) in [6.45, 7) is 3.15. The minimum Gasteiger partial charge on any atom is -0.462 e. The van der Waals surface area contributed by atoms with Crippen LogP contribution >= 0.6 is 0 Å². The van der Waals surface area contributed by atoms with Crippen LogP contribution in [0.3, 0.4) is 0 Å². The molecule has 0 atom stereocenters. The van der Waals surface area contributed by atoms with Gasteiger partial charge in [-0.25, -0.2) is 9.18 Å². The first-order chi connectivity index (χ1) is 9.13. The molecule has 1 aromatic carbocycles. The van der Waals surface area contributed by atoms with Crippen molar-refractivity contribution in [2.24, 2.45) is 0 Å². The number of likely N-dealkylation sites (N-methyl/N-ethyl adjacent to an activating group) is 2. The van der Waals surface area contributed by atoms with Crippen LogP contribution in [0.2, 0.25) is 0 Å². The van der Waals surface area contributed by atoms with Gasteiger partial charge in [0.25, 0.3) is 0 Å². The van der Waals surface area contributed by atoms with Crippen molar-refractivity contribution in [3.8, 4) is 0 Å². The van der Waals surface area contributed by atoms with Crippen molar-refractivity contribution in [2.75, 3.05) is 40.3 Å². The van der Waals surface area contributed by atoms with Gasteiger partial charge in [0.1, 0.15) is 5.82 Å². The van der Waals surface area contributed by atoms with E-state index in [0.29, 0.717) is 12.2 Å². The maximum absolute atomic E-state index is 12.7. The lowest BCUT2D eigenvalue weighted by molar-refractivity contribution is 0.0491. The molecule has 0 unspecified atom stereocenters. The smallest absolute Gasteiger partial charge is 0.338 e. The summed E-state index contributed by atoms with van der Waals surface area (Å²) < 4.78 is 17.8. The fourth-order valence-electron chi connectivity index (χ4n) is 1.58. The average molecular weight is 268 g/mol. The van der Waals surface area contributed by atoms with Crippen LogP contribution in [0.4, 0.5) is 4.39 Å². The highest BCUT2D eigenvalue weighted by Gasteiger charge is 2.06. The van der Waals surface area contributed by atoms with Crippen molar-refractivity contribution in [2.45, 2.75) is 6.42 Å². The molecule has 19 heavy (non-hydrogen) atoms. The molecule has 106 valence electrons. The molecule has 0 saturated carbocycles. The van der Waals surface area contributed by atoms with Crippen molar-refractivity contribution in [1.82, 2.24) is 10.2 Å². The number of esters is 1. The third kappa shape index (κ3) is 6.31. The summed E-state index contributed by atoms with van der Waals surface area (Å²) in [6.07, 6.45) is 0.785. The van der Waals surface area contributed by atoms with Crippen LogP contribution in [0.25, 0.3) is 0 Å². The second-order valence-corrected chi connectivity index (χ2v) is 4.40. The van der Waals surface area contributed by atoms with E-state index < -0.39 is 5.97 Å². The van der Waals surface area contributed by atoms with Gasteiger partial charge in [0.15, 0.2) is 0 Å². The maximum Gasteiger partial charge on any atom is 0.338 e. The van der Waals surface area contributed by atoms with Crippen LogP contribution in [0.5, 0.6) is 0 Å². The van der Waals surface area contributed by atoms with Gasteiger partial charge < -0.3 is 15.0 Å². The molecule has 0 aromatic heterocycles. The van der Waals surface area contributed by atoms with Crippen molar-refractivity contribution < 1.29 is 13.9 Å². The molecule has 1 rings (SSSR count). The zero-order chi connectivity index (χ0) is 14.1. The Bertz CT molecular complexity index is 382. The quantitative estimate of drug-likeness (QED) is 0.573. The number of nitrogens with zero attached hydrogens (tertiary/aromatic N) is 1. The maximum atomic E-state index is 12.7. The Balaban J connectivity index is 2.18. The van der Waals surface area contributed by atoms with Gasteiger partial charge in [0, 0.05) is 19.6 Å². The van der Waals surface area contributed by atoms with E-state index in [4.69, 9.17) is 4.74 Å². The Hall–Kier alpha value is -1.46. The molecular formula is C14H21FN2O2. The Morgan fingerprint density at radius 2 is 2.00 bits per heavy atom. The van der Waals surface area contributed by atoms with Gasteiger partial charge in [-0.3, -0.25) is 0 Å². The van der Waals surface area contributed by atoms with Gasteiger partial charge in [-0.1, -0.05) is 0 Å². The number of hydrogen-bond acceptors (Lipinski definition) is 4. The topological polar surface area (TPSA) is 41.6 Å². The summed E-state index contributed by atoms with van der Waals surface area (Å²) in [6, 6.07) is 5.36. The third-order valence-electron chi connectivity index (χ3n) is 2.74. The summed E-state index contributed by atoms with van der Waals surface area (Å²) in [5.74, 6) is -0.763. The molecule has 5 heteroatoms. The first kappa shape index (κ1) is 15.6. The van der Waals surface area contributed by atoms with Crippen LogP contribution in [-0.2, 0) is 4.74 Å². The van der Waals surface area contributed by atoms with Crippen molar-refractivity contribution >= 4 is 5.97 Å². The third-order valence-corrected chi connectivity index (χ3v) is 2.74. The summed E-state index contributed by atoms with van der Waals surface area (Å²) in [4.78, 5) is 13.8. The fourth-order valence-corrected chi connectivity index (χ4v) is 1.58. The van der Waals surface area contributed by atoms with E-state index >= 15 is 0 Å². The van der Waals surface area contributed by atoms with Crippen LogP contribution < -0.4 is 5.32 Å². The molecule has 0 radical (unpaired) electrons. The molecule has 0 saturated heterocycles. The molecule has 0 aliphatic rings. The van der Waals surface area contributed by atoms with E-state index in [1.54, 1.807) is 0 Å². The summed E-state index contributed by atoms with van der Waals surface area (Å²) in [7, 11) is 3.94. The Labute approximate surface area is 113 Å². The van der Waals surface area contributed by atoms with E-state index in [1.165, 1.54) is 24.3 Å². The molecule has 4 nitrogen and oxygen atoms in total. The Morgan fingerprint density at radius 1 is 1.32 bits per heavy atom. The van der Waals surface area contributed by atoms with Crippen LogP contribution in [-0.4, -0.2) is 51.2 Å². The van der Waals surface area contributed by atoms with Crippen molar-refractivity contribution in [3.63, 3.8) is 0 Å². The predicted molar refractivity (Wildman–Crippen MR) is 72.7 cm³/mol. The molecule has 0 spiro atoms. The van der Waals surface area contributed by atoms with Gasteiger partial charge in [-0.15, -0.1) is 0 Å². The molecule has 1 aromatic rings. The van der Waals surface area contributed by atoms with E-state index in [-0.39, 0.29) is 5.82 Å². The molecule has 1 N–H and O–H groups in total. The number of benzene rings is 1. The van der Waals surface area contributed by atoms with Crippen LogP contribution in [0.15, 0.2) is 24.3 Å². The van der Waals surface area contributed by atoms with Gasteiger partial charge >= 0.3 is 5.97 Å². The fraction of sp³-hybridized carbons (Fsp3) is 0.500. The van der Waals surface area contributed by atoms with Gasteiger partial charge in [0.05, 0.1) is 12.2 Å². The highest BCUT2D eigenvalue weighted by molar-refractivity contribution is 5.89. The number of nitrogens with one attached hydrogen (secondary N) is 1. The molecule has 0 heterocycles. The standard InChI is InChI=1S/C14H21FN2O2/c1-16-8-10-17(2)9-3-11-19-14(18)12-4-6-13(15)7-5-12/h4-7,16H,3,8-11H2,1-2H3. The molecule has 0 fully saturated rings. The van der Waals surface area contributed by atoms with E-state index in [0.717, 1.165) is 26.1 Å². The van der Waals surface area contributed by atoms with Crippen LogP contribution in [0.1, 0.15) is 16.8 Å². The zero-order valence-electron chi connectivity index (χ0n) is 11.5. The largest absolute Gasteiger partial charge is 0.462 e. The second kappa shape index (κ2) is 8.61. The average Bonchev–Trinajstić information content (AvgIpc) is 2.41. The molecule has 0 aliphatic carbocycles. The summed E-state index contributed by atoms with van der Waals surface area (Å²) in [5.41, 5.74) is 0.380. The predicted octanol–water partition coefficient (Wildman–Crippen LogP) is 1.52. The second-order valence-electron chi connectivity index (χ2n) is 4.40. The number of carbonyl (C=O) groups excluding carboxylic acids is 1. The highest BCUT2D eigenvalue weighted by Crippen LogP contribution is 2.04. The van der Waals surface area contributed by atoms with Crippen molar-refractivity contribution in [1.29, 1.82) is 0 Å². The van der Waals surface area contributed by atoms with Gasteiger partial charge in [-0.05, 0) is 44.8 Å². The highest BCUT2D eigenvalue weighted by atomic mass is 19.1. The molecule has 0 amide bonds. The lowest BCUT2D eigenvalue weighted by Crippen LogP contribution is -2.28. The molecular weight excluding hydrogens is 247 g/mol. The molecule has 0 aliphatic heterocycles. The minimum atomic E-state index is -0.405. The molecule has 0 bridgehead atoms. The van der Waals surface area contributed by atoms with Gasteiger partial charge in [0.2, 0.25) is 0 Å². The number of ether oxygens (including phenoxy) is 1. The SMILES string of the molecule is CNCCN(C)CCCOC(=O)c1ccc(F)cc1. The Morgan fingerprint density at radius 3 is 2.63 bits per heavy atom. The van der Waals surface area contributed by atoms with Crippen LogP contribution in [0, 0.1) is 5.82 Å². The van der Waals surface area contributed by atoms with Gasteiger partial charge in [-0.2, -0.15) is 0 Å². The lowest BCUT2D eigenvalue weighted by Gasteiger charge is -2.15. The lowest BCUT2D eigenvalue weighted by atomic mass is 10.2. The number of halogens is 1. The normalized spacial score (nSPS) is 10.7. The first-order valence-electron chi connectivity index (χ1n) is 6.39. The Kier molecular flexibility index (Phi) is 7.07. The van der Waals surface area contributed by atoms with E-state index in [9.17, 15) is 9.18 Å². The van der Waals surface area contributed by atoms with E-state index in [2.05, 4.69) is 10.2 Å². The number of carbonyl (C=O) groups is 1. The number of hydrogen-bond donors (Lipinski definition) is 1. The summed E-state index contributed by atoms with van der Waals surface area (Å²) >= 11 is 0. The van der Waals surface area contributed by atoms with E-state index in [1.807, 2.05) is 14.1 Å². The number of rotatable bonds is 8. The zero-order valence-corrected chi connectivity index (χ0v) is 11.5. The minimum absolute atomic E-state index is 0.359.